The molecule has 0 N–H and O–H groups in total. The summed E-state index contributed by atoms with van der Waals surface area (Å²) in [6.07, 6.45) is -1.73. The fourth-order valence-corrected chi connectivity index (χ4v) is 2.75. The molecule has 0 bridgehead atoms. The highest BCUT2D eigenvalue weighted by molar-refractivity contribution is 6.36. The second kappa shape index (κ2) is 3.85. The van der Waals surface area contributed by atoms with E-state index < -0.39 is 11.7 Å². The van der Waals surface area contributed by atoms with Crippen molar-refractivity contribution in [2.45, 2.75) is 25.4 Å². The number of aromatic nitrogens is 1. The summed E-state index contributed by atoms with van der Waals surface area (Å²) in [6, 6.07) is 3.53. The van der Waals surface area contributed by atoms with Gasteiger partial charge in [-0.15, -0.1) is 0 Å². The lowest BCUT2D eigenvalue weighted by atomic mass is 10.1. The van der Waals surface area contributed by atoms with Crippen LogP contribution in [0, 0.1) is 0 Å². The van der Waals surface area contributed by atoms with Gasteiger partial charge in [-0.25, -0.2) is 0 Å². The van der Waals surface area contributed by atoms with E-state index in [-0.39, 0.29) is 0 Å². The summed E-state index contributed by atoms with van der Waals surface area (Å²) in [5.41, 5.74) is 1.47. The van der Waals surface area contributed by atoms with E-state index >= 15 is 0 Å². The zero-order chi connectivity index (χ0) is 12.9. The van der Waals surface area contributed by atoms with Crippen LogP contribution in [0.15, 0.2) is 18.2 Å². The SMILES string of the molecule is FC(F)(F)c1ccc2c(Cl)c3c(nc2c1)CCC3. The second-order valence-electron chi connectivity index (χ2n) is 4.43. The van der Waals surface area contributed by atoms with Crippen molar-refractivity contribution in [3.8, 4) is 0 Å². The summed E-state index contributed by atoms with van der Waals surface area (Å²) in [5, 5.41) is 1.16. The number of hydrogen-bond donors (Lipinski definition) is 0. The number of rotatable bonds is 0. The van der Waals surface area contributed by atoms with Gasteiger partial charge in [0.05, 0.1) is 16.1 Å². The third-order valence-corrected chi connectivity index (χ3v) is 3.70. The van der Waals surface area contributed by atoms with Crippen LogP contribution in [0.25, 0.3) is 10.9 Å². The van der Waals surface area contributed by atoms with Crippen LogP contribution in [0.1, 0.15) is 23.2 Å². The monoisotopic (exact) mass is 271 g/mol. The minimum atomic E-state index is -4.35. The highest BCUT2D eigenvalue weighted by atomic mass is 35.5. The topological polar surface area (TPSA) is 12.9 Å². The molecule has 0 saturated carbocycles. The molecule has 0 radical (unpaired) electrons. The molecule has 0 amide bonds. The first-order valence-electron chi connectivity index (χ1n) is 5.65. The maximum atomic E-state index is 12.6. The van der Waals surface area contributed by atoms with Crippen molar-refractivity contribution in [2.24, 2.45) is 0 Å². The number of nitrogens with zero attached hydrogens (tertiary/aromatic N) is 1. The molecule has 0 aliphatic heterocycles. The summed E-state index contributed by atoms with van der Waals surface area (Å²) < 4.78 is 37.9. The van der Waals surface area contributed by atoms with Crippen LogP contribution in [0.2, 0.25) is 5.02 Å². The summed E-state index contributed by atoms with van der Waals surface area (Å²) in [4.78, 5) is 4.31. The zero-order valence-electron chi connectivity index (χ0n) is 9.31. The van der Waals surface area contributed by atoms with Crippen LogP contribution in [0.5, 0.6) is 0 Å². The molecule has 1 aromatic carbocycles. The smallest absolute Gasteiger partial charge is 0.252 e. The van der Waals surface area contributed by atoms with E-state index in [9.17, 15) is 13.2 Å². The molecule has 18 heavy (non-hydrogen) atoms. The Kier molecular flexibility index (Phi) is 2.52. The van der Waals surface area contributed by atoms with Gasteiger partial charge < -0.3 is 0 Å². The van der Waals surface area contributed by atoms with Crippen molar-refractivity contribution < 1.29 is 13.2 Å². The molecular formula is C13H9ClF3N. The summed E-state index contributed by atoms with van der Waals surface area (Å²) in [6.45, 7) is 0. The van der Waals surface area contributed by atoms with Crippen molar-refractivity contribution in [1.82, 2.24) is 4.98 Å². The highest BCUT2D eigenvalue weighted by Gasteiger charge is 2.31. The zero-order valence-corrected chi connectivity index (χ0v) is 10.1. The Hall–Kier alpha value is -1.29. The maximum Gasteiger partial charge on any atom is 0.416 e. The fraction of sp³-hybridized carbons (Fsp3) is 0.308. The molecule has 2 aromatic rings. The molecule has 1 aromatic heterocycles. The average molecular weight is 272 g/mol. The first-order valence-corrected chi connectivity index (χ1v) is 6.03. The quantitative estimate of drug-likeness (QED) is 0.692. The van der Waals surface area contributed by atoms with Gasteiger partial charge in [0.25, 0.3) is 0 Å². The molecule has 0 fully saturated rings. The van der Waals surface area contributed by atoms with Crippen molar-refractivity contribution in [1.29, 1.82) is 0 Å². The van der Waals surface area contributed by atoms with Gasteiger partial charge in [-0.2, -0.15) is 13.2 Å². The highest BCUT2D eigenvalue weighted by Crippen LogP contribution is 2.36. The van der Waals surface area contributed by atoms with Gasteiger partial charge in [0.15, 0.2) is 0 Å². The number of halogens is 4. The molecule has 0 saturated heterocycles. The lowest BCUT2D eigenvalue weighted by Crippen LogP contribution is -2.05. The van der Waals surface area contributed by atoms with Crippen molar-refractivity contribution >= 4 is 22.5 Å². The Bertz CT molecular complexity index is 634. The molecule has 3 rings (SSSR count). The third-order valence-electron chi connectivity index (χ3n) is 3.27. The normalized spacial score (nSPS) is 15.1. The largest absolute Gasteiger partial charge is 0.416 e. The van der Waals surface area contributed by atoms with Crippen molar-refractivity contribution in [3.05, 3.63) is 40.0 Å². The number of hydrogen-bond acceptors (Lipinski definition) is 1. The van der Waals surface area contributed by atoms with E-state index in [1.54, 1.807) is 0 Å². The van der Waals surface area contributed by atoms with Gasteiger partial charge in [0.1, 0.15) is 0 Å². The maximum absolute atomic E-state index is 12.6. The molecule has 0 spiro atoms. The van der Waals surface area contributed by atoms with Crippen LogP contribution < -0.4 is 0 Å². The summed E-state index contributed by atoms with van der Waals surface area (Å²) in [5.74, 6) is 0. The standard InChI is InChI=1S/C13H9ClF3N/c14-12-8-2-1-3-10(8)18-11-6-7(13(15,16)17)4-5-9(11)12/h4-6H,1-3H2. The van der Waals surface area contributed by atoms with Crippen LogP contribution in [-0.4, -0.2) is 4.98 Å². The van der Waals surface area contributed by atoms with E-state index in [0.29, 0.717) is 15.9 Å². The lowest BCUT2D eigenvalue weighted by molar-refractivity contribution is -0.137. The van der Waals surface area contributed by atoms with Crippen LogP contribution >= 0.6 is 11.6 Å². The van der Waals surface area contributed by atoms with Crippen LogP contribution in [0.4, 0.5) is 13.2 Å². The number of aryl methyl sites for hydroxylation is 1. The minimum Gasteiger partial charge on any atom is -0.252 e. The van der Waals surface area contributed by atoms with Gasteiger partial charge in [-0.3, -0.25) is 4.98 Å². The van der Waals surface area contributed by atoms with E-state index in [4.69, 9.17) is 11.6 Å². The van der Waals surface area contributed by atoms with Gasteiger partial charge in [-0.05, 0) is 37.0 Å². The van der Waals surface area contributed by atoms with E-state index in [2.05, 4.69) is 4.98 Å². The molecule has 1 aliphatic carbocycles. The average Bonchev–Trinajstić information content (AvgIpc) is 2.75. The van der Waals surface area contributed by atoms with Crippen molar-refractivity contribution in [2.75, 3.05) is 0 Å². The first-order chi connectivity index (χ1) is 8.47. The Morgan fingerprint density at radius 2 is 1.94 bits per heavy atom. The molecule has 1 nitrogen and oxygen atoms in total. The number of alkyl halides is 3. The summed E-state index contributed by atoms with van der Waals surface area (Å²) in [7, 11) is 0. The Morgan fingerprint density at radius 1 is 1.17 bits per heavy atom. The predicted molar refractivity (Wildman–Crippen MR) is 63.8 cm³/mol. The first kappa shape index (κ1) is 11.8. The lowest BCUT2D eigenvalue weighted by Gasteiger charge is -2.10. The summed E-state index contributed by atoms with van der Waals surface area (Å²) >= 11 is 6.23. The minimum absolute atomic E-state index is 0.329. The number of fused-ring (bicyclic) bond motifs is 2. The Morgan fingerprint density at radius 3 is 2.67 bits per heavy atom. The molecule has 1 aliphatic rings. The predicted octanol–water partition coefficient (Wildman–Crippen LogP) is 4.40. The Labute approximate surface area is 107 Å². The van der Waals surface area contributed by atoms with Gasteiger partial charge >= 0.3 is 6.18 Å². The van der Waals surface area contributed by atoms with Gasteiger partial charge in [0.2, 0.25) is 0 Å². The van der Waals surface area contributed by atoms with Crippen molar-refractivity contribution in [3.63, 3.8) is 0 Å². The molecule has 0 unspecified atom stereocenters. The van der Waals surface area contributed by atoms with E-state index in [1.165, 1.54) is 6.07 Å². The molecule has 94 valence electrons. The number of benzene rings is 1. The van der Waals surface area contributed by atoms with Gasteiger partial charge in [-0.1, -0.05) is 17.7 Å². The third kappa shape index (κ3) is 1.75. The Balaban J connectivity index is 2.27. The van der Waals surface area contributed by atoms with Crippen LogP contribution in [0.3, 0.4) is 0 Å². The molecule has 5 heteroatoms. The van der Waals surface area contributed by atoms with Gasteiger partial charge in [0, 0.05) is 11.1 Å². The molecular weight excluding hydrogens is 263 g/mol. The van der Waals surface area contributed by atoms with E-state index in [1.807, 2.05) is 0 Å². The molecule has 1 heterocycles. The molecule has 0 atom stereocenters. The van der Waals surface area contributed by atoms with E-state index in [0.717, 1.165) is 42.7 Å². The van der Waals surface area contributed by atoms with Crippen LogP contribution in [-0.2, 0) is 19.0 Å². The number of pyridine rings is 1. The second-order valence-corrected chi connectivity index (χ2v) is 4.81. The fourth-order valence-electron chi connectivity index (χ4n) is 2.38.